The standard InChI is InChI=1S/C14H17FO/c1-11-2-4-12(5-3-11)6-7-14-10-13(15)8-9-16-14/h2-7,13-14H,8-10H2,1H3/b7-6+. The largest absolute Gasteiger partial charge is 0.374 e. The first-order valence-corrected chi connectivity index (χ1v) is 5.74. The molecule has 0 saturated carbocycles. The summed E-state index contributed by atoms with van der Waals surface area (Å²) < 4.78 is 18.6. The van der Waals surface area contributed by atoms with Gasteiger partial charge in [0.1, 0.15) is 6.17 Å². The van der Waals surface area contributed by atoms with Gasteiger partial charge >= 0.3 is 0 Å². The second-order valence-electron chi connectivity index (χ2n) is 4.30. The highest BCUT2D eigenvalue weighted by atomic mass is 19.1. The zero-order chi connectivity index (χ0) is 11.4. The van der Waals surface area contributed by atoms with Crippen LogP contribution in [-0.2, 0) is 4.74 Å². The number of hydrogen-bond donors (Lipinski definition) is 0. The molecule has 0 bridgehead atoms. The minimum Gasteiger partial charge on any atom is -0.374 e. The molecule has 0 aliphatic carbocycles. The summed E-state index contributed by atoms with van der Waals surface area (Å²) in [7, 11) is 0. The van der Waals surface area contributed by atoms with Crippen molar-refractivity contribution in [3.63, 3.8) is 0 Å². The first-order valence-electron chi connectivity index (χ1n) is 5.74. The molecule has 0 radical (unpaired) electrons. The SMILES string of the molecule is Cc1ccc(/C=C/C2CC(F)CCO2)cc1. The molecule has 1 heterocycles. The average molecular weight is 220 g/mol. The minimum absolute atomic E-state index is 0.0648. The summed E-state index contributed by atoms with van der Waals surface area (Å²) in [6.45, 7) is 2.59. The summed E-state index contributed by atoms with van der Waals surface area (Å²) in [5.74, 6) is 0. The van der Waals surface area contributed by atoms with Gasteiger partial charge in [-0.2, -0.15) is 0 Å². The van der Waals surface area contributed by atoms with Gasteiger partial charge < -0.3 is 4.74 Å². The molecule has 16 heavy (non-hydrogen) atoms. The Bertz CT molecular complexity index is 356. The maximum atomic E-state index is 13.1. The van der Waals surface area contributed by atoms with Crippen molar-refractivity contribution in [2.24, 2.45) is 0 Å². The van der Waals surface area contributed by atoms with E-state index in [1.54, 1.807) is 0 Å². The molecular weight excluding hydrogens is 203 g/mol. The zero-order valence-electron chi connectivity index (χ0n) is 9.53. The minimum atomic E-state index is -0.707. The average Bonchev–Trinajstić information content (AvgIpc) is 2.28. The molecule has 1 aromatic rings. The normalized spacial score (nSPS) is 26.1. The van der Waals surface area contributed by atoms with Crippen LogP contribution in [0, 0.1) is 6.92 Å². The third-order valence-electron chi connectivity index (χ3n) is 2.83. The van der Waals surface area contributed by atoms with E-state index in [4.69, 9.17) is 4.74 Å². The molecule has 1 aliphatic heterocycles. The predicted molar refractivity (Wildman–Crippen MR) is 64.1 cm³/mol. The van der Waals surface area contributed by atoms with Crippen molar-refractivity contribution in [2.75, 3.05) is 6.61 Å². The van der Waals surface area contributed by atoms with E-state index in [1.165, 1.54) is 5.56 Å². The number of ether oxygens (including phenoxy) is 1. The summed E-state index contributed by atoms with van der Waals surface area (Å²) in [5, 5.41) is 0. The van der Waals surface area contributed by atoms with Crippen LogP contribution in [0.3, 0.4) is 0 Å². The van der Waals surface area contributed by atoms with E-state index in [0.717, 1.165) is 5.56 Å². The second-order valence-corrected chi connectivity index (χ2v) is 4.30. The lowest BCUT2D eigenvalue weighted by Crippen LogP contribution is -2.24. The lowest BCUT2D eigenvalue weighted by Gasteiger charge is -2.22. The summed E-state index contributed by atoms with van der Waals surface area (Å²) >= 11 is 0. The molecule has 2 unspecified atom stereocenters. The van der Waals surface area contributed by atoms with Gasteiger partial charge in [0.15, 0.2) is 0 Å². The van der Waals surface area contributed by atoms with Gasteiger partial charge in [-0.15, -0.1) is 0 Å². The quantitative estimate of drug-likeness (QED) is 0.741. The predicted octanol–water partition coefficient (Wildman–Crippen LogP) is 3.53. The van der Waals surface area contributed by atoms with Gasteiger partial charge in [0.2, 0.25) is 0 Å². The second kappa shape index (κ2) is 5.26. The molecule has 0 amide bonds. The van der Waals surface area contributed by atoms with Crippen LogP contribution in [-0.4, -0.2) is 18.9 Å². The zero-order valence-corrected chi connectivity index (χ0v) is 9.53. The number of alkyl halides is 1. The van der Waals surface area contributed by atoms with Crippen LogP contribution < -0.4 is 0 Å². The Morgan fingerprint density at radius 2 is 2.06 bits per heavy atom. The van der Waals surface area contributed by atoms with Crippen molar-refractivity contribution < 1.29 is 9.13 Å². The van der Waals surface area contributed by atoms with Crippen LogP contribution >= 0.6 is 0 Å². The number of rotatable bonds is 2. The Morgan fingerprint density at radius 3 is 2.75 bits per heavy atom. The highest BCUT2D eigenvalue weighted by Crippen LogP contribution is 2.18. The van der Waals surface area contributed by atoms with Gasteiger partial charge in [0, 0.05) is 12.8 Å². The van der Waals surface area contributed by atoms with E-state index in [9.17, 15) is 4.39 Å². The molecule has 0 aromatic heterocycles. The number of halogens is 1. The van der Waals surface area contributed by atoms with Crippen molar-refractivity contribution in [1.82, 2.24) is 0 Å². The van der Waals surface area contributed by atoms with Gasteiger partial charge in [-0.1, -0.05) is 42.0 Å². The van der Waals surface area contributed by atoms with Crippen molar-refractivity contribution in [1.29, 1.82) is 0 Å². The van der Waals surface area contributed by atoms with Gasteiger partial charge in [0.05, 0.1) is 12.7 Å². The maximum Gasteiger partial charge on any atom is 0.105 e. The monoisotopic (exact) mass is 220 g/mol. The number of benzene rings is 1. The van der Waals surface area contributed by atoms with Crippen molar-refractivity contribution >= 4 is 6.08 Å². The fourth-order valence-electron chi connectivity index (χ4n) is 1.82. The fourth-order valence-corrected chi connectivity index (χ4v) is 1.82. The molecule has 0 N–H and O–H groups in total. The van der Waals surface area contributed by atoms with Crippen molar-refractivity contribution in [3.8, 4) is 0 Å². The summed E-state index contributed by atoms with van der Waals surface area (Å²) in [6, 6.07) is 8.25. The molecule has 1 aromatic carbocycles. The smallest absolute Gasteiger partial charge is 0.105 e. The number of hydrogen-bond acceptors (Lipinski definition) is 1. The molecule has 2 rings (SSSR count). The molecule has 1 saturated heterocycles. The molecule has 1 nitrogen and oxygen atoms in total. The molecule has 0 spiro atoms. The Morgan fingerprint density at radius 1 is 1.31 bits per heavy atom. The third kappa shape index (κ3) is 3.17. The molecule has 2 heteroatoms. The maximum absolute atomic E-state index is 13.1. The summed E-state index contributed by atoms with van der Waals surface area (Å²) in [4.78, 5) is 0. The third-order valence-corrected chi connectivity index (χ3v) is 2.83. The molecule has 2 atom stereocenters. The molecular formula is C14H17FO. The van der Waals surface area contributed by atoms with Crippen LogP contribution in [0.4, 0.5) is 4.39 Å². The van der Waals surface area contributed by atoms with Crippen LogP contribution in [0.5, 0.6) is 0 Å². The van der Waals surface area contributed by atoms with Crippen molar-refractivity contribution in [2.45, 2.75) is 32.0 Å². The van der Waals surface area contributed by atoms with Crippen LogP contribution in [0.2, 0.25) is 0 Å². The lowest BCUT2D eigenvalue weighted by atomic mass is 10.1. The Labute approximate surface area is 95.9 Å². The molecule has 1 fully saturated rings. The Balaban J connectivity index is 1.95. The lowest BCUT2D eigenvalue weighted by molar-refractivity contribution is 0.00897. The molecule has 86 valence electrons. The van der Waals surface area contributed by atoms with Crippen LogP contribution in [0.1, 0.15) is 24.0 Å². The van der Waals surface area contributed by atoms with E-state index in [-0.39, 0.29) is 6.10 Å². The summed E-state index contributed by atoms with van der Waals surface area (Å²) in [5.41, 5.74) is 2.38. The summed E-state index contributed by atoms with van der Waals surface area (Å²) in [6.07, 6.45) is 4.21. The van der Waals surface area contributed by atoms with Gasteiger partial charge in [0.25, 0.3) is 0 Å². The highest BCUT2D eigenvalue weighted by molar-refractivity contribution is 5.50. The number of aryl methyl sites for hydroxylation is 1. The Kier molecular flexibility index (Phi) is 3.73. The van der Waals surface area contributed by atoms with Crippen LogP contribution in [0.15, 0.2) is 30.3 Å². The van der Waals surface area contributed by atoms with Gasteiger partial charge in [-0.3, -0.25) is 0 Å². The fraction of sp³-hybridized carbons (Fsp3) is 0.429. The van der Waals surface area contributed by atoms with E-state index in [1.807, 2.05) is 12.2 Å². The van der Waals surface area contributed by atoms with Gasteiger partial charge in [-0.05, 0) is 12.5 Å². The molecule has 1 aliphatic rings. The first kappa shape index (κ1) is 11.3. The van der Waals surface area contributed by atoms with Gasteiger partial charge in [-0.25, -0.2) is 4.39 Å². The van der Waals surface area contributed by atoms with E-state index >= 15 is 0 Å². The Hall–Kier alpha value is -1.15. The van der Waals surface area contributed by atoms with E-state index < -0.39 is 6.17 Å². The van der Waals surface area contributed by atoms with E-state index in [0.29, 0.717) is 19.4 Å². The van der Waals surface area contributed by atoms with Crippen molar-refractivity contribution in [3.05, 3.63) is 41.5 Å². The first-order chi connectivity index (χ1) is 7.74. The van der Waals surface area contributed by atoms with Crippen LogP contribution in [0.25, 0.3) is 6.08 Å². The van der Waals surface area contributed by atoms with E-state index in [2.05, 4.69) is 31.2 Å². The topological polar surface area (TPSA) is 9.23 Å². The highest BCUT2D eigenvalue weighted by Gasteiger charge is 2.19.